The molecule has 0 bridgehead atoms. The summed E-state index contributed by atoms with van der Waals surface area (Å²) in [6, 6.07) is 9.57. The Morgan fingerprint density at radius 3 is 2.50 bits per heavy atom. The van der Waals surface area contributed by atoms with Crippen molar-refractivity contribution in [3.63, 3.8) is 0 Å². The van der Waals surface area contributed by atoms with Crippen molar-refractivity contribution in [1.29, 1.82) is 0 Å². The number of benzene rings is 1. The first-order valence-electron chi connectivity index (χ1n) is 12.0. The van der Waals surface area contributed by atoms with Gasteiger partial charge in [0.15, 0.2) is 0 Å². The zero-order valence-corrected chi connectivity index (χ0v) is 20.2. The number of likely N-dealkylation sites (tertiary alicyclic amines) is 1. The molecular formula is C27H38N2O5. The van der Waals surface area contributed by atoms with Crippen LogP contribution in [0.1, 0.15) is 44.6 Å². The summed E-state index contributed by atoms with van der Waals surface area (Å²) < 4.78 is 5.59. The minimum Gasteiger partial charge on any atom is -0.461 e. The van der Waals surface area contributed by atoms with Gasteiger partial charge in [0.25, 0.3) is 0 Å². The largest absolute Gasteiger partial charge is 0.461 e. The highest BCUT2D eigenvalue weighted by Crippen LogP contribution is 2.21. The lowest BCUT2D eigenvalue weighted by Crippen LogP contribution is -2.42. The number of nitrogens with one attached hydrogen (secondary N) is 1. The van der Waals surface area contributed by atoms with Gasteiger partial charge in [-0.15, -0.1) is 13.2 Å². The molecule has 1 aliphatic rings. The molecule has 2 N–H and O–H groups in total. The Labute approximate surface area is 202 Å². The minimum absolute atomic E-state index is 0.0566. The zero-order chi connectivity index (χ0) is 24.9. The van der Waals surface area contributed by atoms with E-state index in [4.69, 9.17) is 4.74 Å². The molecule has 0 spiro atoms. The molecule has 186 valence electrons. The molecule has 1 heterocycles. The fourth-order valence-electron chi connectivity index (χ4n) is 4.25. The second-order valence-electron chi connectivity index (χ2n) is 8.89. The van der Waals surface area contributed by atoms with Crippen LogP contribution >= 0.6 is 0 Å². The highest BCUT2D eigenvalue weighted by Gasteiger charge is 2.31. The average Bonchev–Trinajstić information content (AvgIpc) is 3.32. The molecule has 0 aliphatic carbocycles. The lowest BCUT2D eigenvalue weighted by molar-refractivity contribution is -0.153. The van der Waals surface area contributed by atoms with Gasteiger partial charge in [-0.25, -0.2) is 0 Å². The lowest BCUT2D eigenvalue weighted by Gasteiger charge is -2.25. The van der Waals surface area contributed by atoms with Crippen molar-refractivity contribution in [2.24, 2.45) is 11.8 Å². The Morgan fingerprint density at radius 1 is 1.18 bits per heavy atom. The van der Waals surface area contributed by atoms with Gasteiger partial charge in [0, 0.05) is 13.0 Å². The molecule has 1 aromatic rings. The van der Waals surface area contributed by atoms with Gasteiger partial charge in [0.2, 0.25) is 11.8 Å². The molecule has 4 atom stereocenters. The summed E-state index contributed by atoms with van der Waals surface area (Å²) in [5.41, 5.74) is 1.05. The Kier molecular flexibility index (Phi) is 11.5. The van der Waals surface area contributed by atoms with E-state index >= 15 is 0 Å². The van der Waals surface area contributed by atoms with Crippen LogP contribution in [0.25, 0.3) is 0 Å². The van der Waals surface area contributed by atoms with E-state index in [1.54, 1.807) is 24.0 Å². The van der Waals surface area contributed by atoms with Crippen LogP contribution < -0.4 is 5.32 Å². The van der Waals surface area contributed by atoms with E-state index in [0.717, 1.165) is 18.4 Å². The number of ether oxygens (including phenoxy) is 1. The number of allylic oxidation sites excluding steroid dienone is 2. The molecule has 7 heteroatoms. The predicted molar refractivity (Wildman–Crippen MR) is 132 cm³/mol. The Morgan fingerprint density at radius 2 is 1.85 bits per heavy atom. The SMILES string of the molecule is C=CC[C@H](CC(=O)N1CCC[C@H]1CO)C(=O)NC[C@H](C)OC(=O)[C@H](CC=C)Cc1ccccc1. The number of rotatable bonds is 14. The predicted octanol–water partition coefficient (Wildman–Crippen LogP) is 3.04. The third kappa shape index (κ3) is 8.45. The topological polar surface area (TPSA) is 95.9 Å². The first kappa shape index (κ1) is 27.3. The lowest BCUT2D eigenvalue weighted by atomic mass is 9.96. The third-order valence-corrected chi connectivity index (χ3v) is 6.14. The number of aliphatic hydroxyl groups is 1. The van der Waals surface area contributed by atoms with E-state index in [2.05, 4.69) is 18.5 Å². The van der Waals surface area contributed by atoms with E-state index in [1.807, 2.05) is 30.3 Å². The maximum absolute atomic E-state index is 12.8. The normalized spacial score (nSPS) is 17.9. The third-order valence-electron chi connectivity index (χ3n) is 6.14. The number of nitrogens with zero attached hydrogens (tertiary/aromatic N) is 1. The van der Waals surface area contributed by atoms with Gasteiger partial charge in [0.1, 0.15) is 6.10 Å². The molecule has 0 unspecified atom stereocenters. The first-order chi connectivity index (χ1) is 16.4. The van der Waals surface area contributed by atoms with Gasteiger partial charge < -0.3 is 20.1 Å². The standard InChI is InChI=1S/C27H38N2O5/c1-4-10-22(17-25(31)29-15-9-14-24(29)19-30)26(32)28-18-20(3)34-27(33)23(11-5-2)16-21-12-7-6-8-13-21/h4-8,12-13,20,22-24,30H,1-2,9-11,14-19H2,3H3,(H,28,32)/t20-,22+,23+,24-/m0/s1. The molecular weight excluding hydrogens is 432 g/mol. The molecule has 1 aliphatic heterocycles. The van der Waals surface area contributed by atoms with Crippen molar-refractivity contribution in [2.75, 3.05) is 19.7 Å². The zero-order valence-electron chi connectivity index (χ0n) is 20.2. The molecule has 1 fully saturated rings. The van der Waals surface area contributed by atoms with E-state index < -0.39 is 12.0 Å². The quantitative estimate of drug-likeness (QED) is 0.322. The molecule has 0 aromatic heterocycles. The van der Waals surface area contributed by atoms with Gasteiger partial charge >= 0.3 is 5.97 Å². The second kappa shape index (κ2) is 14.4. The first-order valence-corrected chi connectivity index (χ1v) is 12.0. The molecule has 7 nitrogen and oxygen atoms in total. The summed E-state index contributed by atoms with van der Waals surface area (Å²) >= 11 is 0. The maximum atomic E-state index is 12.8. The smallest absolute Gasteiger partial charge is 0.309 e. The number of carbonyl (C=O) groups is 3. The summed E-state index contributed by atoms with van der Waals surface area (Å²) in [5, 5.41) is 12.3. The number of aliphatic hydroxyl groups excluding tert-OH is 1. The Hall–Kier alpha value is -2.93. The Balaban J connectivity index is 1.86. The van der Waals surface area contributed by atoms with Crippen LogP contribution in [0.3, 0.4) is 0 Å². The average molecular weight is 471 g/mol. The van der Waals surface area contributed by atoms with Gasteiger partial charge in [-0.3, -0.25) is 14.4 Å². The number of hydrogen-bond donors (Lipinski definition) is 2. The van der Waals surface area contributed by atoms with Crippen LogP contribution in [0, 0.1) is 11.8 Å². The highest BCUT2D eigenvalue weighted by molar-refractivity contribution is 5.86. The van der Waals surface area contributed by atoms with E-state index in [9.17, 15) is 19.5 Å². The maximum Gasteiger partial charge on any atom is 0.309 e. The van der Waals surface area contributed by atoms with Crippen LogP contribution in [0.4, 0.5) is 0 Å². The monoisotopic (exact) mass is 470 g/mol. The van der Waals surface area contributed by atoms with Gasteiger partial charge in [0.05, 0.1) is 31.0 Å². The van der Waals surface area contributed by atoms with Crippen molar-refractivity contribution < 1.29 is 24.2 Å². The van der Waals surface area contributed by atoms with Crippen molar-refractivity contribution in [3.8, 4) is 0 Å². The minimum atomic E-state index is -0.556. The van der Waals surface area contributed by atoms with Gasteiger partial charge in [-0.05, 0) is 44.6 Å². The molecule has 2 rings (SSSR count). The second-order valence-corrected chi connectivity index (χ2v) is 8.89. The summed E-state index contributed by atoms with van der Waals surface area (Å²) in [4.78, 5) is 39.8. The van der Waals surface area contributed by atoms with Gasteiger partial charge in [-0.1, -0.05) is 42.5 Å². The van der Waals surface area contributed by atoms with Crippen molar-refractivity contribution in [1.82, 2.24) is 10.2 Å². The van der Waals surface area contributed by atoms with Gasteiger partial charge in [-0.2, -0.15) is 0 Å². The fraction of sp³-hybridized carbons (Fsp3) is 0.519. The van der Waals surface area contributed by atoms with Crippen LogP contribution in [0.2, 0.25) is 0 Å². The number of carbonyl (C=O) groups excluding carboxylic acids is 3. The summed E-state index contributed by atoms with van der Waals surface area (Å²) in [6.07, 6.45) is 5.93. The van der Waals surface area contributed by atoms with Crippen molar-refractivity contribution in [2.45, 2.75) is 57.6 Å². The molecule has 1 aromatic carbocycles. The van der Waals surface area contributed by atoms with E-state index in [-0.39, 0.29) is 49.3 Å². The summed E-state index contributed by atoms with van der Waals surface area (Å²) in [6.45, 7) is 9.87. The number of esters is 1. The summed E-state index contributed by atoms with van der Waals surface area (Å²) in [7, 11) is 0. The van der Waals surface area contributed by atoms with Crippen molar-refractivity contribution in [3.05, 3.63) is 61.2 Å². The van der Waals surface area contributed by atoms with Crippen molar-refractivity contribution >= 4 is 17.8 Å². The molecule has 1 saturated heterocycles. The fourth-order valence-corrected chi connectivity index (χ4v) is 4.25. The van der Waals surface area contributed by atoms with E-state index in [0.29, 0.717) is 25.8 Å². The Bertz CT molecular complexity index is 826. The van der Waals surface area contributed by atoms with Crippen LogP contribution in [-0.2, 0) is 25.5 Å². The van der Waals surface area contributed by atoms with Crippen LogP contribution in [0.15, 0.2) is 55.6 Å². The van der Waals surface area contributed by atoms with Crippen LogP contribution in [-0.4, -0.2) is 59.6 Å². The molecule has 34 heavy (non-hydrogen) atoms. The van der Waals surface area contributed by atoms with E-state index in [1.165, 1.54) is 0 Å². The highest BCUT2D eigenvalue weighted by atomic mass is 16.5. The number of amides is 2. The molecule has 2 amide bonds. The summed E-state index contributed by atoms with van der Waals surface area (Å²) in [5.74, 6) is -1.63. The number of hydrogen-bond acceptors (Lipinski definition) is 5. The van der Waals surface area contributed by atoms with Crippen LogP contribution in [0.5, 0.6) is 0 Å². The molecule has 0 saturated carbocycles. The molecule has 0 radical (unpaired) electrons.